The highest BCUT2D eigenvalue weighted by molar-refractivity contribution is 6.32. The molecule has 1 heterocycles. The summed E-state index contributed by atoms with van der Waals surface area (Å²) in [4.78, 5) is 28.7. The minimum atomic E-state index is -1.01. The van der Waals surface area contributed by atoms with Gasteiger partial charge in [0.05, 0.1) is 23.2 Å². The second-order valence-electron chi connectivity index (χ2n) is 7.29. The number of carbonyl (C=O) groups excluding carboxylic acids is 1. The fourth-order valence-corrected chi connectivity index (χ4v) is 3.42. The van der Waals surface area contributed by atoms with E-state index in [4.69, 9.17) is 11.6 Å². The molecular formula is C22H23ClN4O3. The molecule has 8 heteroatoms. The molecule has 0 radical (unpaired) electrons. The Morgan fingerprint density at radius 3 is 2.43 bits per heavy atom. The maximum absolute atomic E-state index is 13.0. The Labute approximate surface area is 179 Å². The number of carbonyl (C=O) groups is 2. The van der Waals surface area contributed by atoms with Crippen molar-refractivity contribution >= 4 is 23.5 Å². The fourth-order valence-electron chi connectivity index (χ4n) is 3.21. The van der Waals surface area contributed by atoms with Crippen LogP contribution >= 0.6 is 11.6 Å². The van der Waals surface area contributed by atoms with Gasteiger partial charge in [-0.3, -0.25) is 9.59 Å². The van der Waals surface area contributed by atoms with Crippen molar-refractivity contribution in [1.29, 1.82) is 0 Å². The number of hydrogen-bond donors (Lipinski definition) is 2. The highest BCUT2D eigenvalue weighted by atomic mass is 35.5. The number of rotatable bonds is 7. The van der Waals surface area contributed by atoms with E-state index in [2.05, 4.69) is 15.4 Å². The average Bonchev–Trinajstić information content (AvgIpc) is 3.13. The summed E-state index contributed by atoms with van der Waals surface area (Å²) in [6, 6.07) is 13.8. The lowest BCUT2D eigenvalue weighted by Crippen LogP contribution is -2.31. The van der Waals surface area contributed by atoms with Gasteiger partial charge in [0.15, 0.2) is 0 Å². The summed E-state index contributed by atoms with van der Waals surface area (Å²) in [5.74, 6) is -1.03. The van der Waals surface area contributed by atoms with Gasteiger partial charge < -0.3 is 10.4 Å². The van der Waals surface area contributed by atoms with Gasteiger partial charge >= 0.3 is 5.97 Å². The van der Waals surface area contributed by atoms with Gasteiger partial charge in [0.25, 0.3) is 5.91 Å². The molecule has 1 aromatic heterocycles. The molecule has 1 amide bonds. The second kappa shape index (κ2) is 9.09. The largest absolute Gasteiger partial charge is 0.481 e. The van der Waals surface area contributed by atoms with Gasteiger partial charge in [-0.1, -0.05) is 61.8 Å². The Kier molecular flexibility index (Phi) is 6.52. The average molecular weight is 427 g/mol. The summed E-state index contributed by atoms with van der Waals surface area (Å²) >= 11 is 6.31. The lowest BCUT2D eigenvalue weighted by Gasteiger charge is -2.18. The molecule has 2 aromatic carbocycles. The van der Waals surface area contributed by atoms with E-state index in [-0.39, 0.29) is 18.2 Å². The third-order valence-corrected chi connectivity index (χ3v) is 5.00. The summed E-state index contributed by atoms with van der Waals surface area (Å²) in [7, 11) is 0. The van der Waals surface area contributed by atoms with Crippen molar-refractivity contribution in [2.45, 2.75) is 39.2 Å². The zero-order valence-electron chi connectivity index (χ0n) is 17.0. The van der Waals surface area contributed by atoms with Crippen molar-refractivity contribution in [3.63, 3.8) is 0 Å². The van der Waals surface area contributed by atoms with Crippen LogP contribution in [0.25, 0.3) is 5.69 Å². The van der Waals surface area contributed by atoms with E-state index in [0.717, 1.165) is 11.1 Å². The van der Waals surface area contributed by atoms with Gasteiger partial charge in [-0.15, -0.1) is 5.10 Å². The summed E-state index contributed by atoms with van der Waals surface area (Å²) in [6.07, 6.45) is -0.251. The lowest BCUT2D eigenvalue weighted by molar-refractivity contribution is -0.137. The molecule has 30 heavy (non-hydrogen) atoms. The third kappa shape index (κ3) is 4.68. The van der Waals surface area contributed by atoms with Crippen LogP contribution < -0.4 is 5.32 Å². The van der Waals surface area contributed by atoms with E-state index >= 15 is 0 Å². The van der Waals surface area contributed by atoms with Crippen molar-refractivity contribution in [3.8, 4) is 5.69 Å². The van der Waals surface area contributed by atoms with Crippen LogP contribution in [0.2, 0.25) is 5.02 Å². The van der Waals surface area contributed by atoms with E-state index in [0.29, 0.717) is 16.5 Å². The molecule has 0 saturated heterocycles. The Bertz CT molecular complexity index is 1080. The second-order valence-corrected chi connectivity index (χ2v) is 7.70. The number of carboxylic acids is 1. The highest BCUT2D eigenvalue weighted by Gasteiger charge is 2.25. The number of para-hydroxylation sites is 1. The number of carboxylic acid groups (broad SMARTS) is 1. The number of aryl methyl sites for hydroxylation is 1. The fraction of sp³-hybridized carbons (Fsp3) is 0.273. The van der Waals surface area contributed by atoms with Crippen LogP contribution in [-0.2, 0) is 4.79 Å². The van der Waals surface area contributed by atoms with Gasteiger partial charge in [0, 0.05) is 5.92 Å². The molecule has 1 atom stereocenters. The van der Waals surface area contributed by atoms with Crippen molar-refractivity contribution in [1.82, 2.24) is 20.1 Å². The molecule has 0 aliphatic heterocycles. The standard InChI is InChI=1S/C22H23ClN4O3/c1-13(2)21-25-20(26-27(21)18-11-7-6-10-16(18)23)22(30)24-17(12-19(28)29)15-9-5-4-8-14(15)3/h4-11,13,17H,12H2,1-3H3,(H,24,30)(H,28,29). The van der Waals surface area contributed by atoms with Gasteiger partial charge in [-0.2, -0.15) is 0 Å². The lowest BCUT2D eigenvalue weighted by atomic mass is 9.99. The SMILES string of the molecule is Cc1ccccc1C(CC(=O)O)NC(=O)c1nc(C(C)C)n(-c2ccccc2Cl)n1. The van der Waals surface area contributed by atoms with E-state index in [9.17, 15) is 14.7 Å². The van der Waals surface area contributed by atoms with Crippen molar-refractivity contribution in [2.75, 3.05) is 0 Å². The first-order chi connectivity index (χ1) is 14.3. The van der Waals surface area contributed by atoms with Crippen LogP contribution in [0.5, 0.6) is 0 Å². The smallest absolute Gasteiger partial charge is 0.305 e. The number of nitrogens with zero attached hydrogens (tertiary/aromatic N) is 3. The zero-order valence-corrected chi connectivity index (χ0v) is 17.7. The van der Waals surface area contributed by atoms with Crippen LogP contribution in [0, 0.1) is 6.92 Å². The van der Waals surface area contributed by atoms with Gasteiger partial charge in [0.2, 0.25) is 5.82 Å². The number of aliphatic carboxylic acids is 1. The number of halogens is 1. The first-order valence-electron chi connectivity index (χ1n) is 9.58. The maximum atomic E-state index is 13.0. The first kappa shape index (κ1) is 21.5. The van der Waals surface area contributed by atoms with E-state index in [1.165, 1.54) is 0 Å². The van der Waals surface area contributed by atoms with E-state index < -0.39 is 17.9 Å². The molecule has 2 N–H and O–H groups in total. The normalized spacial score (nSPS) is 12.0. The zero-order chi connectivity index (χ0) is 21.8. The third-order valence-electron chi connectivity index (χ3n) is 4.68. The van der Waals surface area contributed by atoms with Crippen LogP contribution in [0.3, 0.4) is 0 Å². The van der Waals surface area contributed by atoms with Gasteiger partial charge in [0.1, 0.15) is 5.82 Å². The van der Waals surface area contributed by atoms with Crippen molar-refractivity contribution < 1.29 is 14.7 Å². The Morgan fingerprint density at radius 1 is 1.13 bits per heavy atom. The molecule has 0 bridgehead atoms. The highest BCUT2D eigenvalue weighted by Crippen LogP contribution is 2.25. The Hall–Kier alpha value is -3.19. The molecule has 0 saturated carbocycles. The van der Waals surface area contributed by atoms with Crippen LogP contribution in [0.1, 0.15) is 59.8 Å². The predicted molar refractivity (Wildman–Crippen MR) is 114 cm³/mol. The van der Waals surface area contributed by atoms with Gasteiger partial charge in [-0.05, 0) is 30.2 Å². The Balaban J connectivity index is 1.96. The summed E-state index contributed by atoms with van der Waals surface area (Å²) < 4.78 is 1.56. The molecule has 0 fully saturated rings. The molecule has 3 rings (SSSR count). The topological polar surface area (TPSA) is 97.1 Å². The van der Waals surface area contributed by atoms with E-state index in [1.807, 2.05) is 51.1 Å². The maximum Gasteiger partial charge on any atom is 0.305 e. The molecule has 3 aromatic rings. The van der Waals surface area contributed by atoms with Crippen LogP contribution in [0.4, 0.5) is 0 Å². The quantitative estimate of drug-likeness (QED) is 0.587. The minimum Gasteiger partial charge on any atom is -0.481 e. The number of hydrogen-bond acceptors (Lipinski definition) is 4. The number of amides is 1. The molecule has 0 aliphatic carbocycles. The van der Waals surface area contributed by atoms with E-state index in [1.54, 1.807) is 22.9 Å². The van der Waals surface area contributed by atoms with Crippen LogP contribution in [-0.4, -0.2) is 31.7 Å². The molecule has 0 aliphatic rings. The number of aromatic nitrogens is 3. The Morgan fingerprint density at radius 2 is 1.80 bits per heavy atom. The summed E-state index contributed by atoms with van der Waals surface area (Å²) in [6.45, 7) is 5.76. The predicted octanol–water partition coefficient (Wildman–Crippen LogP) is 4.30. The number of benzene rings is 2. The van der Waals surface area contributed by atoms with Gasteiger partial charge in [-0.25, -0.2) is 9.67 Å². The summed E-state index contributed by atoms with van der Waals surface area (Å²) in [5, 5.41) is 17.0. The molecule has 1 unspecified atom stereocenters. The molecule has 156 valence electrons. The van der Waals surface area contributed by atoms with Crippen molar-refractivity contribution in [2.24, 2.45) is 0 Å². The molecule has 0 spiro atoms. The first-order valence-corrected chi connectivity index (χ1v) is 9.95. The minimum absolute atomic E-state index is 0.0125. The number of nitrogens with one attached hydrogen (secondary N) is 1. The summed E-state index contributed by atoms with van der Waals surface area (Å²) in [5.41, 5.74) is 2.25. The monoisotopic (exact) mass is 426 g/mol. The van der Waals surface area contributed by atoms with Crippen molar-refractivity contribution in [3.05, 3.63) is 76.3 Å². The molecular weight excluding hydrogens is 404 g/mol. The molecule has 7 nitrogen and oxygen atoms in total. The van der Waals surface area contributed by atoms with Crippen LogP contribution in [0.15, 0.2) is 48.5 Å².